The van der Waals surface area contributed by atoms with Gasteiger partial charge in [0.1, 0.15) is 11.6 Å². The van der Waals surface area contributed by atoms with E-state index < -0.39 is 47.6 Å². The summed E-state index contributed by atoms with van der Waals surface area (Å²) in [5.41, 5.74) is -0.704. The van der Waals surface area contributed by atoms with E-state index in [9.17, 15) is 32.3 Å². The van der Waals surface area contributed by atoms with Gasteiger partial charge < -0.3 is 9.84 Å². The van der Waals surface area contributed by atoms with E-state index in [-0.39, 0.29) is 5.56 Å². The molecule has 1 unspecified atom stereocenters. The van der Waals surface area contributed by atoms with Crippen LogP contribution in [-0.2, 0) is 16.0 Å². The molecule has 102 valence electrons. The van der Waals surface area contributed by atoms with Crippen LogP contribution in [0.5, 0.6) is 5.75 Å². The summed E-state index contributed by atoms with van der Waals surface area (Å²) in [5.74, 6) is -5.00. The van der Waals surface area contributed by atoms with Crippen LogP contribution in [0.15, 0.2) is 12.1 Å². The smallest absolute Gasteiger partial charge is 0.490 e. The van der Waals surface area contributed by atoms with Gasteiger partial charge in [-0.05, 0) is 12.1 Å². The topological polar surface area (TPSA) is 63.6 Å². The van der Waals surface area contributed by atoms with Crippen molar-refractivity contribution in [3.05, 3.63) is 29.1 Å². The summed E-state index contributed by atoms with van der Waals surface area (Å²) in [6, 6.07) is 1.77. The highest BCUT2D eigenvalue weighted by molar-refractivity contribution is 6.07. The van der Waals surface area contributed by atoms with Crippen molar-refractivity contribution >= 4 is 11.8 Å². The summed E-state index contributed by atoms with van der Waals surface area (Å²) < 4.78 is 53.4. The Kier molecular flexibility index (Phi) is 2.95. The van der Waals surface area contributed by atoms with Gasteiger partial charge in [0.25, 0.3) is 0 Å². The van der Waals surface area contributed by atoms with E-state index in [4.69, 9.17) is 0 Å². The molecule has 1 aromatic rings. The third-order valence-corrected chi connectivity index (χ3v) is 2.64. The molecule has 0 amide bonds. The lowest BCUT2D eigenvalue weighted by atomic mass is 10.1. The summed E-state index contributed by atoms with van der Waals surface area (Å²) in [4.78, 5) is 22.3. The molecule has 0 fully saturated rings. The standard InChI is InChI=1S/C11H6F4O4/c12-5-1-2-6(16)8-4(5)3-7(9(8)17)19-10(18)11(13,14)15/h1-2,7,16H,3H2. The molecule has 2 rings (SSSR count). The highest BCUT2D eigenvalue weighted by Crippen LogP contribution is 2.34. The number of halogens is 4. The van der Waals surface area contributed by atoms with Crippen LogP contribution in [0.1, 0.15) is 15.9 Å². The Morgan fingerprint density at radius 2 is 2.00 bits per heavy atom. The number of aromatic hydroxyl groups is 1. The maximum atomic E-state index is 13.4. The Morgan fingerprint density at radius 1 is 1.37 bits per heavy atom. The van der Waals surface area contributed by atoms with Gasteiger partial charge in [-0.2, -0.15) is 13.2 Å². The molecule has 1 aliphatic carbocycles. The summed E-state index contributed by atoms with van der Waals surface area (Å²) in [7, 11) is 0. The van der Waals surface area contributed by atoms with Crippen LogP contribution in [0.2, 0.25) is 0 Å². The van der Waals surface area contributed by atoms with Gasteiger partial charge in [0.05, 0.1) is 5.56 Å². The van der Waals surface area contributed by atoms with Crippen molar-refractivity contribution < 1.29 is 37.0 Å². The maximum Gasteiger partial charge on any atom is 0.490 e. The monoisotopic (exact) mass is 278 g/mol. The van der Waals surface area contributed by atoms with Crippen molar-refractivity contribution in [2.75, 3.05) is 0 Å². The van der Waals surface area contributed by atoms with Gasteiger partial charge in [0.2, 0.25) is 5.78 Å². The number of carbonyl (C=O) groups is 2. The van der Waals surface area contributed by atoms with Gasteiger partial charge in [-0.3, -0.25) is 4.79 Å². The molecule has 0 heterocycles. The molecule has 0 bridgehead atoms. The molecule has 1 atom stereocenters. The molecule has 8 heteroatoms. The number of hydrogen-bond donors (Lipinski definition) is 1. The van der Waals surface area contributed by atoms with E-state index in [1.807, 2.05) is 0 Å². The van der Waals surface area contributed by atoms with Crippen molar-refractivity contribution in [2.24, 2.45) is 0 Å². The van der Waals surface area contributed by atoms with Crippen LogP contribution in [-0.4, -0.2) is 29.1 Å². The second-order valence-electron chi connectivity index (χ2n) is 3.88. The summed E-state index contributed by atoms with van der Waals surface area (Å²) in [6.45, 7) is 0. The van der Waals surface area contributed by atoms with Gasteiger partial charge in [0.15, 0.2) is 6.10 Å². The third-order valence-electron chi connectivity index (χ3n) is 2.64. The molecule has 0 aromatic heterocycles. The number of carbonyl (C=O) groups excluding carboxylic acids is 2. The zero-order valence-electron chi connectivity index (χ0n) is 9.12. The highest BCUT2D eigenvalue weighted by Gasteiger charge is 2.46. The predicted molar refractivity (Wildman–Crippen MR) is 52.0 cm³/mol. The maximum absolute atomic E-state index is 13.4. The number of phenols is 1. The Morgan fingerprint density at radius 3 is 2.53 bits per heavy atom. The Hall–Kier alpha value is -2.12. The highest BCUT2D eigenvalue weighted by atomic mass is 19.4. The summed E-state index contributed by atoms with van der Waals surface area (Å²) >= 11 is 0. The van der Waals surface area contributed by atoms with Gasteiger partial charge in [-0.15, -0.1) is 0 Å². The molecular weight excluding hydrogens is 272 g/mol. The molecule has 1 N–H and O–H groups in total. The van der Waals surface area contributed by atoms with E-state index in [2.05, 4.69) is 4.74 Å². The van der Waals surface area contributed by atoms with E-state index in [1.165, 1.54) is 0 Å². The normalized spacial score (nSPS) is 18.3. The average Bonchev–Trinajstić information content (AvgIpc) is 2.62. The van der Waals surface area contributed by atoms with Crippen LogP contribution in [0.25, 0.3) is 0 Å². The SMILES string of the molecule is O=C1c2c(O)ccc(F)c2CC1OC(=O)C(F)(F)F. The molecule has 0 saturated carbocycles. The first-order chi connectivity index (χ1) is 8.71. The number of Topliss-reactive ketones (excluding diaryl/α,β-unsaturated/α-hetero) is 1. The van der Waals surface area contributed by atoms with Crippen molar-refractivity contribution in [1.82, 2.24) is 0 Å². The first-order valence-corrected chi connectivity index (χ1v) is 5.04. The van der Waals surface area contributed by atoms with Crippen LogP contribution in [0.3, 0.4) is 0 Å². The first kappa shape index (κ1) is 13.3. The fraction of sp³-hybridized carbons (Fsp3) is 0.273. The van der Waals surface area contributed by atoms with Crippen molar-refractivity contribution in [1.29, 1.82) is 0 Å². The lowest BCUT2D eigenvalue weighted by Crippen LogP contribution is -2.32. The number of alkyl halides is 3. The predicted octanol–water partition coefficient (Wildman–Crippen LogP) is 1.74. The molecule has 1 aliphatic rings. The number of ketones is 1. The number of benzene rings is 1. The van der Waals surface area contributed by atoms with Crippen LogP contribution in [0.4, 0.5) is 17.6 Å². The molecule has 19 heavy (non-hydrogen) atoms. The molecule has 0 saturated heterocycles. The van der Waals surface area contributed by atoms with Crippen molar-refractivity contribution in [3.63, 3.8) is 0 Å². The number of esters is 1. The van der Waals surface area contributed by atoms with E-state index in [0.717, 1.165) is 12.1 Å². The van der Waals surface area contributed by atoms with Crippen molar-refractivity contribution in [2.45, 2.75) is 18.7 Å². The van der Waals surface area contributed by atoms with Crippen molar-refractivity contribution in [3.8, 4) is 5.75 Å². The molecular formula is C11H6F4O4. The zero-order chi connectivity index (χ0) is 14.4. The van der Waals surface area contributed by atoms with E-state index in [1.54, 1.807) is 0 Å². The average molecular weight is 278 g/mol. The molecule has 1 aromatic carbocycles. The largest absolute Gasteiger partial charge is 0.507 e. The second kappa shape index (κ2) is 4.22. The minimum absolute atomic E-state index is 0.259. The lowest BCUT2D eigenvalue weighted by molar-refractivity contribution is -0.202. The molecule has 0 spiro atoms. The first-order valence-electron chi connectivity index (χ1n) is 5.04. The minimum atomic E-state index is -5.24. The fourth-order valence-corrected chi connectivity index (χ4v) is 1.81. The summed E-state index contributed by atoms with van der Waals surface area (Å²) in [6.07, 6.45) is -7.54. The fourth-order valence-electron chi connectivity index (χ4n) is 1.81. The third kappa shape index (κ3) is 2.25. The second-order valence-corrected chi connectivity index (χ2v) is 3.88. The number of phenolic OH excluding ortho intramolecular Hbond substituents is 1. The number of fused-ring (bicyclic) bond motifs is 1. The summed E-state index contributed by atoms with van der Waals surface area (Å²) in [5, 5.41) is 9.39. The van der Waals surface area contributed by atoms with E-state index >= 15 is 0 Å². The van der Waals surface area contributed by atoms with Gasteiger partial charge in [-0.1, -0.05) is 0 Å². The number of ether oxygens (including phenoxy) is 1. The van der Waals surface area contributed by atoms with Crippen LogP contribution >= 0.6 is 0 Å². The Labute approximate surface area is 103 Å². The quantitative estimate of drug-likeness (QED) is 0.628. The van der Waals surface area contributed by atoms with Gasteiger partial charge >= 0.3 is 12.1 Å². The van der Waals surface area contributed by atoms with Gasteiger partial charge in [-0.25, -0.2) is 9.18 Å². The van der Waals surface area contributed by atoms with Gasteiger partial charge in [0, 0.05) is 12.0 Å². The van der Waals surface area contributed by atoms with Crippen LogP contribution in [0, 0.1) is 5.82 Å². The Bertz CT molecular complexity index is 565. The number of rotatable bonds is 1. The molecule has 0 aliphatic heterocycles. The zero-order valence-corrected chi connectivity index (χ0v) is 9.12. The van der Waals surface area contributed by atoms with E-state index in [0.29, 0.717) is 0 Å². The minimum Gasteiger partial charge on any atom is -0.507 e. The number of hydrogen-bond acceptors (Lipinski definition) is 4. The Balaban J connectivity index is 2.27. The lowest BCUT2D eigenvalue weighted by Gasteiger charge is -2.11. The molecule has 0 radical (unpaired) electrons. The molecule has 4 nitrogen and oxygen atoms in total. The van der Waals surface area contributed by atoms with Crippen LogP contribution < -0.4 is 0 Å².